The number of carbonyl (C=O) groups excluding carboxylic acids is 2. The van der Waals surface area contributed by atoms with E-state index in [-0.39, 0.29) is 24.5 Å². The molecule has 2 aromatic rings. The summed E-state index contributed by atoms with van der Waals surface area (Å²) in [7, 11) is 0. The minimum absolute atomic E-state index is 0.0858. The van der Waals surface area contributed by atoms with Gasteiger partial charge in [-0.25, -0.2) is 4.98 Å². The first-order chi connectivity index (χ1) is 18.2. The summed E-state index contributed by atoms with van der Waals surface area (Å²) in [5.74, 6) is -2.04. The van der Waals surface area contributed by atoms with E-state index in [0.29, 0.717) is 19.3 Å². The van der Waals surface area contributed by atoms with E-state index in [1.165, 1.54) is 0 Å². The zero-order chi connectivity index (χ0) is 29.1. The van der Waals surface area contributed by atoms with E-state index in [1.54, 1.807) is 38.2 Å². The Morgan fingerprint density at radius 1 is 1.28 bits per heavy atom. The second kappa shape index (κ2) is 12.6. The van der Waals surface area contributed by atoms with Crippen LogP contribution in [0.15, 0.2) is 30.9 Å². The van der Waals surface area contributed by atoms with Gasteiger partial charge in [-0.2, -0.15) is 0 Å². The van der Waals surface area contributed by atoms with Crippen LogP contribution >= 0.6 is 11.3 Å². The van der Waals surface area contributed by atoms with E-state index < -0.39 is 53.7 Å². The zero-order valence-electron chi connectivity index (χ0n) is 23.7. The van der Waals surface area contributed by atoms with Crippen LogP contribution in [0.25, 0.3) is 10.2 Å². The summed E-state index contributed by atoms with van der Waals surface area (Å²) < 4.78 is 6.86. The molecule has 1 aromatic carbocycles. The maximum Gasteiger partial charge on any atom is 0.308 e. The number of benzene rings is 1. The number of nitrogens with zero attached hydrogens (tertiary/aromatic N) is 1. The summed E-state index contributed by atoms with van der Waals surface area (Å²) in [4.78, 5) is 31.2. The molecule has 216 valence electrons. The van der Waals surface area contributed by atoms with Gasteiger partial charge in [-0.3, -0.25) is 9.59 Å². The molecular formula is C30H44N2O6S. The number of rotatable bonds is 4. The van der Waals surface area contributed by atoms with Gasteiger partial charge in [0.2, 0.25) is 0 Å². The number of cyclic esters (lactones) is 1. The van der Waals surface area contributed by atoms with Crippen molar-refractivity contribution in [2.75, 3.05) is 0 Å². The number of esters is 1. The molecule has 1 aromatic heterocycles. The van der Waals surface area contributed by atoms with Gasteiger partial charge in [0.15, 0.2) is 0 Å². The molecule has 8 nitrogen and oxygen atoms in total. The van der Waals surface area contributed by atoms with Gasteiger partial charge in [0, 0.05) is 12.3 Å². The number of carbonyl (C=O) groups is 2. The highest BCUT2D eigenvalue weighted by Gasteiger charge is 2.44. The van der Waals surface area contributed by atoms with E-state index in [2.05, 4.69) is 11.6 Å². The molecule has 3 rings (SSSR count). The first-order valence-corrected chi connectivity index (χ1v) is 14.5. The number of hydrogen-bond donors (Lipinski definition) is 4. The number of hydrogen-bond acceptors (Lipinski definition) is 9. The van der Waals surface area contributed by atoms with E-state index in [4.69, 9.17) is 10.5 Å². The Hall–Kier alpha value is -2.17. The number of aliphatic hydroxyl groups is 3. The lowest BCUT2D eigenvalue weighted by atomic mass is 9.71. The number of nitrogens with two attached hydrogens (primary N) is 1. The number of fused-ring (bicyclic) bond motifs is 1. The Kier molecular flexibility index (Phi) is 10.1. The third-order valence-corrected chi connectivity index (χ3v) is 9.14. The van der Waals surface area contributed by atoms with Gasteiger partial charge < -0.3 is 25.8 Å². The second-order valence-corrected chi connectivity index (χ2v) is 13.2. The number of ketones is 1. The van der Waals surface area contributed by atoms with Gasteiger partial charge in [-0.05, 0) is 56.7 Å². The predicted octanol–water partition coefficient (Wildman–Crippen LogP) is 4.38. The average molecular weight is 561 g/mol. The fourth-order valence-corrected chi connectivity index (χ4v) is 6.29. The molecule has 9 heteroatoms. The van der Waals surface area contributed by atoms with Crippen molar-refractivity contribution in [3.8, 4) is 0 Å². The lowest BCUT2D eigenvalue weighted by Gasteiger charge is -2.35. The summed E-state index contributed by atoms with van der Waals surface area (Å²) in [5.41, 5.74) is 5.65. The molecule has 0 aliphatic carbocycles. The summed E-state index contributed by atoms with van der Waals surface area (Å²) in [5, 5.41) is 34.4. The molecule has 5 N–H and O–H groups in total. The Balaban J connectivity index is 1.94. The van der Waals surface area contributed by atoms with Crippen molar-refractivity contribution < 1.29 is 29.6 Å². The zero-order valence-corrected chi connectivity index (χ0v) is 24.5. The molecule has 39 heavy (non-hydrogen) atoms. The fourth-order valence-electron chi connectivity index (χ4n) is 5.48. The number of allylic oxidation sites excluding steroid dienone is 1. The van der Waals surface area contributed by atoms with Crippen LogP contribution in [0, 0.1) is 24.2 Å². The quantitative estimate of drug-likeness (QED) is 0.319. The Labute approximate surface area is 235 Å². The van der Waals surface area contributed by atoms with E-state index in [0.717, 1.165) is 20.8 Å². The molecule has 0 bridgehead atoms. The van der Waals surface area contributed by atoms with Gasteiger partial charge in [-0.1, -0.05) is 39.3 Å². The van der Waals surface area contributed by atoms with Crippen LogP contribution in [0.5, 0.6) is 0 Å². The average Bonchev–Trinajstić information content (AvgIpc) is 3.23. The van der Waals surface area contributed by atoms with Gasteiger partial charge in [0.05, 0.1) is 50.9 Å². The molecule has 0 spiro atoms. The summed E-state index contributed by atoms with van der Waals surface area (Å²) in [6.45, 7) is 12.4. The van der Waals surface area contributed by atoms with Crippen LogP contribution in [0.4, 0.5) is 0 Å². The van der Waals surface area contributed by atoms with Crippen molar-refractivity contribution in [1.82, 2.24) is 4.98 Å². The molecule has 2 heterocycles. The monoisotopic (exact) mass is 560 g/mol. The SMILES string of the molecule is C=CCC1C(=O)C(C)(C)C(O)CC(=O)OC(C(N)c2ccc3sc(C)nc3c2)CC(C)(O)CCCC(C)C1O. The van der Waals surface area contributed by atoms with Crippen molar-refractivity contribution in [3.05, 3.63) is 41.4 Å². The minimum atomic E-state index is -1.34. The molecule has 0 saturated carbocycles. The van der Waals surface area contributed by atoms with Gasteiger partial charge >= 0.3 is 5.97 Å². The molecule has 1 fully saturated rings. The van der Waals surface area contributed by atoms with Crippen molar-refractivity contribution in [2.45, 2.75) is 103 Å². The lowest BCUT2D eigenvalue weighted by Crippen LogP contribution is -2.46. The van der Waals surface area contributed by atoms with Gasteiger partial charge in [-0.15, -0.1) is 17.9 Å². The van der Waals surface area contributed by atoms with Crippen molar-refractivity contribution in [3.63, 3.8) is 0 Å². The minimum Gasteiger partial charge on any atom is -0.460 e. The van der Waals surface area contributed by atoms with Crippen LogP contribution in [-0.2, 0) is 14.3 Å². The predicted molar refractivity (Wildman–Crippen MR) is 153 cm³/mol. The van der Waals surface area contributed by atoms with Gasteiger partial charge in [0.1, 0.15) is 11.9 Å². The summed E-state index contributed by atoms with van der Waals surface area (Å²) in [6.07, 6.45) is -0.112. The lowest BCUT2D eigenvalue weighted by molar-refractivity contribution is -0.159. The smallest absolute Gasteiger partial charge is 0.308 e. The van der Waals surface area contributed by atoms with Crippen LogP contribution in [0.2, 0.25) is 0 Å². The molecule has 7 unspecified atom stereocenters. The highest BCUT2D eigenvalue weighted by Crippen LogP contribution is 2.36. The standard InChI is InChI=1S/C30H44N2O6S/c1-7-9-20-27(35)17(2)10-8-13-30(6,37)16-22(38-25(34)15-24(33)29(4,5)28(20)36)26(31)19-11-12-23-21(14-19)32-18(3)39-23/h7,11-12,14,17,20,22,24,26-27,33,35,37H,1,8-10,13,15-16,31H2,2-6H3. The van der Waals surface area contributed by atoms with Crippen molar-refractivity contribution in [1.29, 1.82) is 0 Å². The fraction of sp³-hybridized carbons (Fsp3) is 0.633. The molecule has 1 saturated heterocycles. The molecular weight excluding hydrogens is 516 g/mol. The Morgan fingerprint density at radius 2 is 1.97 bits per heavy atom. The highest BCUT2D eigenvalue weighted by molar-refractivity contribution is 7.18. The van der Waals surface area contributed by atoms with Crippen LogP contribution in [-0.4, -0.2) is 56.0 Å². The summed E-state index contributed by atoms with van der Waals surface area (Å²) in [6, 6.07) is 4.95. The van der Waals surface area contributed by atoms with Crippen LogP contribution < -0.4 is 5.73 Å². The van der Waals surface area contributed by atoms with Crippen molar-refractivity contribution in [2.24, 2.45) is 23.0 Å². The number of thiazole rings is 1. The number of aromatic nitrogens is 1. The third kappa shape index (κ3) is 7.52. The Bertz CT molecular complexity index is 1180. The second-order valence-electron chi connectivity index (χ2n) is 12.0. The maximum absolute atomic E-state index is 13.6. The highest BCUT2D eigenvalue weighted by atomic mass is 32.1. The van der Waals surface area contributed by atoms with Crippen LogP contribution in [0.3, 0.4) is 0 Å². The number of aryl methyl sites for hydroxylation is 1. The Morgan fingerprint density at radius 3 is 2.64 bits per heavy atom. The normalized spacial score (nSPS) is 32.2. The molecule has 1 aliphatic rings. The van der Waals surface area contributed by atoms with Crippen LogP contribution in [0.1, 0.15) is 82.8 Å². The largest absolute Gasteiger partial charge is 0.460 e. The molecule has 0 radical (unpaired) electrons. The first kappa shape index (κ1) is 31.4. The molecule has 0 amide bonds. The van der Waals surface area contributed by atoms with E-state index >= 15 is 0 Å². The van der Waals surface area contributed by atoms with Gasteiger partial charge in [0.25, 0.3) is 0 Å². The van der Waals surface area contributed by atoms with Crippen molar-refractivity contribution >= 4 is 33.3 Å². The third-order valence-electron chi connectivity index (χ3n) is 8.18. The molecule has 7 atom stereocenters. The maximum atomic E-state index is 13.6. The number of aliphatic hydroxyl groups excluding tert-OH is 2. The number of Topliss-reactive ketones (excluding diaryl/α,β-unsaturated/α-hetero) is 1. The number of ether oxygens (including phenoxy) is 1. The molecule has 1 aliphatic heterocycles. The summed E-state index contributed by atoms with van der Waals surface area (Å²) >= 11 is 1.58. The first-order valence-electron chi connectivity index (χ1n) is 13.7. The topological polar surface area (TPSA) is 143 Å². The van der Waals surface area contributed by atoms with E-state index in [9.17, 15) is 24.9 Å². The van der Waals surface area contributed by atoms with E-state index in [1.807, 2.05) is 32.0 Å².